The van der Waals surface area contributed by atoms with Crippen molar-refractivity contribution in [2.45, 2.75) is 65.7 Å². The summed E-state index contributed by atoms with van der Waals surface area (Å²) >= 11 is 0. The lowest BCUT2D eigenvalue weighted by Gasteiger charge is -2.25. The van der Waals surface area contributed by atoms with Gasteiger partial charge in [-0.25, -0.2) is 0 Å². The highest BCUT2D eigenvalue weighted by Crippen LogP contribution is 2.22. The van der Waals surface area contributed by atoms with Gasteiger partial charge in [-0.15, -0.1) is 10.2 Å². The van der Waals surface area contributed by atoms with Crippen molar-refractivity contribution in [2.24, 2.45) is 16.0 Å². The lowest BCUT2D eigenvalue weighted by molar-refractivity contribution is 0.447. The van der Waals surface area contributed by atoms with Crippen LogP contribution in [0.15, 0.2) is 59.2 Å². The number of nitrogens with two attached hydrogens (primary N) is 1. The summed E-state index contributed by atoms with van der Waals surface area (Å²) in [6.45, 7) is 14.2. The summed E-state index contributed by atoms with van der Waals surface area (Å²) in [7, 11) is 0. The minimum absolute atomic E-state index is 0.626. The molecule has 5 heteroatoms. The number of nitrogens with zero attached hydrogens (tertiary/aromatic N) is 4. The van der Waals surface area contributed by atoms with E-state index in [4.69, 9.17) is 5.73 Å². The van der Waals surface area contributed by atoms with Crippen molar-refractivity contribution in [1.82, 2.24) is 4.90 Å². The topological polar surface area (TPSA) is 57.2 Å². The fraction of sp³-hybridized carbons (Fsp3) is 0.583. The molecule has 0 spiro atoms. The van der Waals surface area contributed by atoms with Gasteiger partial charge in [-0.1, -0.05) is 52.2 Å². The smallest absolute Gasteiger partial charge is 0.147 e. The molecule has 0 amide bonds. The molecule has 0 aliphatic rings. The second-order valence-corrected chi connectivity index (χ2v) is 7.35. The summed E-state index contributed by atoms with van der Waals surface area (Å²) in [6.07, 6.45) is 12.4. The van der Waals surface area contributed by atoms with E-state index in [2.05, 4.69) is 47.7 Å². The summed E-state index contributed by atoms with van der Waals surface area (Å²) in [6, 6.07) is 8.40. The van der Waals surface area contributed by atoms with Crippen LogP contribution in [-0.2, 0) is 0 Å². The van der Waals surface area contributed by atoms with E-state index in [-0.39, 0.29) is 0 Å². The van der Waals surface area contributed by atoms with Crippen molar-refractivity contribution in [3.8, 4) is 0 Å². The molecule has 0 saturated carbocycles. The number of hydrogen-bond donors (Lipinski definition) is 1. The highest BCUT2D eigenvalue weighted by atomic mass is 15.3. The Hall–Kier alpha value is -2.14. The molecule has 0 aliphatic heterocycles. The van der Waals surface area contributed by atoms with E-state index >= 15 is 0 Å². The Bertz CT molecular complexity index is 596. The van der Waals surface area contributed by atoms with Crippen molar-refractivity contribution in [1.29, 1.82) is 0 Å². The van der Waals surface area contributed by atoms with Crippen LogP contribution in [0.5, 0.6) is 0 Å². The van der Waals surface area contributed by atoms with Gasteiger partial charge in [-0.05, 0) is 57.0 Å². The molecule has 1 aromatic carbocycles. The fourth-order valence-electron chi connectivity index (χ4n) is 3.11. The summed E-state index contributed by atoms with van der Waals surface area (Å²) in [5, 5.41) is 8.68. The number of unbranched alkanes of at least 4 members (excludes halogenated alkanes) is 4. The largest absolute Gasteiger partial charge is 0.372 e. The average Bonchev–Trinajstić information content (AvgIpc) is 2.74. The van der Waals surface area contributed by atoms with Crippen molar-refractivity contribution in [3.63, 3.8) is 0 Å². The Morgan fingerprint density at radius 3 is 2.10 bits per heavy atom. The third-order valence-electron chi connectivity index (χ3n) is 4.82. The van der Waals surface area contributed by atoms with Crippen LogP contribution >= 0.6 is 0 Å². The number of allylic oxidation sites excluding steroid dienone is 1. The Morgan fingerprint density at radius 1 is 0.966 bits per heavy atom. The van der Waals surface area contributed by atoms with E-state index in [1.807, 2.05) is 36.2 Å². The molecule has 0 unspecified atom stereocenters. The molecule has 0 aromatic heterocycles. The molecule has 0 radical (unpaired) electrons. The van der Waals surface area contributed by atoms with Crippen LogP contribution < -0.4 is 10.6 Å². The van der Waals surface area contributed by atoms with Gasteiger partial charge in [0.05, 0.1) is 5.69 Å². The molecule has 0 fully saturated rings. The highest BCUT2D eigenvalue weighted by molar-refractivity contribution is 5.52. The molecular weight excluding hydrogens is 358 g/mol. The zero-order chi connectivity index (χ0) is 21.3. The van der Waals surface area contributed by atoms with Gasteiger partial charge >= 0.3 is 0 Å². The average molecular weight is 400 g/mol. The standard InChI is InChI=1S/C24H41N5/c1-5-8-10-19-29(20-11-9-6-2)24-15-13-23(14-16-24)27-26-22(4)28(18-7-3)21-12-17-25/h7,13-16,18H,4-6,8-12,17,19-21,25H2,1-3H3/b18-7-,27-26?. The molecule has 2 N–H and O–H groups in total. The number of benzene rings is 1. The minimum atomic E-state index is 0.626. The van der Waals surface area contributed by atoms with Crippen molar-refractivity contribution >= 4 is 11.4 Å². The third kappa shape index (κ3) is 10.3. The predicted octanol–water partition coefficient (Wildman–Crippen LogP) is 6.61. The zero-order valence-corrected chi connectivity index (χ0v) is 18.8. The van der Waals surface area contributed by atoms with E-state index in [9.17, 15) is 0 Å². The summed E-state index contributed by atoms with van der Waals surface area (Å²) < 4.78 is 0. The lowest BCUT2D eigenvalue weighted by Crippen LogP contribution is -2.25. The maximum absolute atomic E-state index is 5.61. The Morgan fingerprint density at radius 2 is 1.59 bits per heavy atom. The molecule has 0 bridgehead atoms. The van der Waals surface area contributed by atoms with Gasteiger partial charge in [0.2, 0.25) is 0 Å². The number of azo groups is 1. The van der Waals surface area contributed by atoms with E-state index < -0.39 is 0 Å². The van der Waals surface area contributed by atoms with Gasteiger partial charge in [-0.3, -0.25) is 0 Å². The van der Waals surface area contributed by atoms with E-state index in [0.717, 1.165) is 31.7 Å². The van der Waals surface area contributed by atoms with E-state index in [1.54, 1.807) is 0 Å². The third-order valence-corrected chi connectivity index (χ3v) is 4.82. The molecule has 162 valence electrons. The van der Waals surface area contributed by atoms with Crippen molar-refractivity contribution in [2.75, 3.05) is 31.1 Å². The van der Waals surface area contributed by atoms with Gasteiger partial charge in [-0.2, -0.15) is 0 Å². The summed E-state index contributed by atoms with van der Waals surface area (Å²) in [5.41, 5.74) is 7.73. The first-order valence-corrected chi connectivity index (χ1v) is 11.2. The van der Waals surface area contributed by atoms with Crippen LogP contribution in [0.4, 0.5) is 11.4 Å². The van der Waals surface area contributed by atoms with E-state index in [1.165, 1.54) is 44.2 Å². The first kappa shape index (κ1) is 24.9. The Kier molecular flexibility index (Phi) is 13.5. The second-order valence-electron chi connectivity index (χ2n) is 7.35. The van der Waals surface area contributed by atoms with Crippen molar-refractivity contribution in [3.05, 3.63) is 48.9 Å². The van der Waals surface area contributed by atoms with Gasteiger partial charge in [0.25, 0.3) is 0 Å². The molecule has 5 nitrogen and oxygen atoms in total. The molecule has 1 rings (SSSR count). The molecule has 29 heavy (non-hydrogen) atoms. The SMILES string of the molecule is C=C(N=Nc1ccc(N(CCCCC)CCCCC)cc1)N(/C=C\C)CCCN. The molecule has 0 heterocycles. The number of rotatable bonds is 16. The summed E-state index contributed by atoms with van der Waals surface area (Å²) in [4.78, 5) is 4.49. The van der Waals surface area contributed by atoms with Crippen LogP contribution in [0.1, 0.15) is 65.7 Å². The molecule has 0 aliphatic carbocycles. The highest BCUT2D eigenvalue weighted by Gasteiger charge is 2.07. The number of anilines is 1. The maximum atomic E-state index is 5.61. The van der Waals surface area contributed by atoms with Gasteiger partial charge in [0, 0.05) is 31.5 Å². The fourth-order valence-corrected chi connectivity index (χ4v) is 3.11. The molecular formula is C24H41N5. The maximum Gasteiger partial charge on any atom is 0.147 e. The Balaban J connectivity index is 2.75. The lowest BCUT2D eigenvalue weighted by atomic mass is 10.2. The quantitative estimate of drug-likeness (QED) is 0.251. The summed E-state index contributed by atoms with van der Waals surface area (Å²) in [5.74, 6) is 0.626. The van der Waals surface area contributed by atoms with Crippen LogP contribution in [-0.4, -0.2) is 31.1 Å². The van der Waals surface area contributed by atoms with E-state index in [0.29, 0.717) is 12.4 Å². The number of hydrogen-bond acceptors (Lipinski definition) is 5. The van der Waals surface area contributed by atoms with Crippen LogP contribution in [0.2, 0.25) is 0 Å². The first-order chi connectivity index (χ1) is 14.2. The van der Waals surface area contributed by atoms with Crippen molar-refractivity contribution < 1.29 is 0 Å². The second kappa shape index (κ2) is 15.7. The molecule has 0 atom stereocenters. The Labute approximate surface area is 178 Å². The monoisotopic (exact) mass is 399 g/mol. The van der Waals surface area contributed by atoms with Gasteiger partial charge < -0.3 is 15.5 Å². The van der Waals surface area contributed by atoms with Crippen LogP contribution in [0, 0.1) is 0 Å². The van der Waals surface area contributed by atoms with Gasteiger partial charge in [0.15, 0.2) is 0 Å². The predicted molar refractivity (Wildman–Crippen MR) is 127 cm³/mol. The molecule has 0 saturated heterocycles. The molecule has 1 aromatic rings. The minimum Gasteiger partial charge on any atom is -0.372 e. The zero-order valence-electron chi connectivity index (χ0n) is 18.8. The van der Waals surface area contributed by atoms with Gasteiger partial charge in [0.1, 0.15) is 5.82 Å². The van der Waals surface area contributed by atoms with Crippen LogP contribution in [0.25, 0.3) is 0 Å². The van der Waals surface area contributed by atoms with Crippen LogP contribution in [0.3, 0.4) is 0 Å². The first-order valence-electron chi connectivity index (χ1n) is 11.2. The normalized spacial score (nSPS) is 11.4.